The molecule has 0 amide bonds. The van der Waals surface area contributed by atoms with Gasteiger partial charge in [0.15, 0.2) is 5.78 Å². The molecule has 5 nitrogen and oxygen atoms in total. The first-order chi connectivity index (χ1) is 14.7. The highest BCUT2D eigenvalue weighted by Gasteiger charge is 2.57. The molecule has 166 valence electrons. The van der Waals surface area contributed by atoms with E-state index in [0.29, 0.717) is 18.8 Å². The lowest BCUT2D eigenvalue weighted by Crippen LogP contribution is -2.54. The molecule has 0 unspecified atom stereocenters. The SMILES string of the molecule is C[C@@]1(C(=O)O)CC[C@H]2[C@@H](CC=C3C[C@H](O)CC[C@]32C)[C@H]1C[C@H]1Nc2ccccc2C1=O. The Balaban J connectivity index is 1.48. The number of aliphatic carboxylic acids is 1. The molecule has 1 heterocycles. The molecule has 1 aromatic rings. The third-order valence-corrected chi connectivity index (χ3v) is 9.28. The third-order valence-electron chi connectivity index (χ3n) is 9.28. The van der Waals surface area contributed by atoms with Crippen LogP contribution < -0.4 is 5.32 Å². The highest BCUT2D eigenvalue weighted by molar-refractivity contribution is 6.10. The average molecular weight is 424 g/mol. The number of allylic oxidation sites excluding steroid dienone is 1. The van der Waals surface area contributed by atoms with Gasteiger partial charge in [0.05, 0.1) is 17.6 Å². The van der Waals surface area contributed by atoms with E-state index in [1.807, 2.05) is 31.2 Å². The first-order valence-corrected chi connectivity index (χ1v) is 11.7. The van der Waals surface area contributed by atoms with E-state index >= 15 is 0 Å². The second-order valence-electron chi connectivity index (χ2n) is 10.8. The number of Topliss-reactive ketones (excluding diaryl/α,β-unsaturated/α-hetero) is 1. The van der Waals surface area contributed by atoms with Gasteiger partial charge < -0.3 is 15.5 Å². The molecule has 0 spiro atoms. The van der Waals surface area contributed by atoms with Crippen LogP contribution >= 0.6 is 0 Å². The zero-order valence-electron chi connectivity index (χ0n) is 18.4. The summed E-state index contributed by atoms with van der Waals surface area (Å²) in [6.45, 7) is 4.23. The fourth-order valence-corrected chi connectivity index (χ4v) is 7.35. The van der Waals surface area contributed by atoms with E-state index < -0.39 is 11.4 Å². The molecule has 0 radical (unpaired) electrons. The standard InChI is InChI=1S/C26H33NO4/c1-25-11-9-16(28)13-15(25)7-8-17-19(25)10-12-26(2,24(30)31)20(17)14-22-23(29)18-5-3-4-6-21(18)27-22/h3-7,16-17,19-20,22,27-28H,8-14H2,1-2H3,(H,30,31)/t16-,17-,19+,20-,22-,25-,26-/m1/s1. The molecule has 7 atom stereocenters. The highest BCUT2D eigenvalue weighted by atomic mass is 16.4. The summed E-state index contributed by atoms with van der Waals surface area (Å²) in [7, 11) is 0. The molecule has 0 aromatic heterocycles. The number of hydrogen-bond donors (Lipinski definition) is 3. The number of carbonyl (C=O) groups excluding carboxylic acids is 1. The first kappa shape index (κ1) is 20.7. The van der Waals surface area contributed by atoms with Gasteiger partial charge in [-0.25, -0.2) is 0 Å². The van der Waals surface area contributed by atoms with E-state index in [-0.39, 0.29) is 35.2 Å². The normalized spacial score (nSPS) is 41.5. The van der Waals surface area contributed by atoms with E-state index in [0.717, 1.165) is 43.4 Å². The van der Waals surface area contributed by atoms with E-state index in [1.165, 1.54) is 5.57 Å². The number of anilines is 1. The molecule has 1 aromatic carbocycles. The summed E-state index contributed by atoms with van der Waals surface area (Å²) in [5.41, 5.74) is 2.16. The van der Waals surface area contributed by atoms with Gasteiger partial charge in [-0.2, -0.15) is 0 Å². The Morgan fingerprint density at radius 3 is 2.71 bits per heavy atom. The lowest BCUT2D eigenvalue weighted by molar-refractivity contribution is -0.161. The van der Waals surface area contributed by atoms with Crippen molar-refractivity contribution in [2.24, 2.45) is 28.6 Å². The number of carboxylic acid groups (broad SMARTS) is 1. The Kier molecular flexibility index (Phi) is 4.81. The number of rotatable bonds is 3. The van der Waals surface area contributed by atoms with Crippen molar-refractivity contribution in [1.82, 2.24) is 0 Å². The van der Waals surface area contributed by atoms with Crippen LogP contribution in [0.15, 0.2) is 35.9 Å². The summed E-state index contributed by atoms with van der Waals surface area (Å²) in [5, 5.41) is 23.8. The Hall–Kier alpha value is -2.14. The number of nitrogens with one attached hydrogen (secondary N) is 1. The fourth-order valence-electron chi connectivity index (χ4n) is 7.35. The molecule has 1 aliphatic heterocycles. The average Bonchev–Trinajstić information content (AvgIpc) is 3.06. The number of benzene rings is 1. The zero-order chi connectivity index (χ0) is 22.0. The monoisotopic (exact) mass is 423 g/mol. The molecule has 31 heavy (non-hydrogen) atoms. The molecule has 3 N–H and O–H groups in total. The molecule has 3 aliphatic carbocycles. The number of carboxylic acids is 1. The Morgan fingerprint density at radius 1 is 1.19 bits per heavy atom. The highest BCUT2D eigenvalue weighted by Crippen LogP contribution is 2.62. The van der Waals surface area contributed by atoms with Crippen LogP contribution in [0.2, 0.25) is 0 Å². The lowest BCUT2D eigenvalue weighted by Gasteiger charge is -2.57. The predicted octanol–water partition coefficient (Wildman–Crippen LogP) is 4.67. The van der Waals surface area contributed by atoms with Crippen molar-refractivity contribution in [3.63, 3.8) is 0 Å². The molecule has 5 heteroatoms. The number of fused-ring (bicyclic) bond motifs is 4. The van der Waals surface area contributed by atoms with Gasteiger partial charge in [-0.15, -0.1) is 0 Å². The van der Waals surface area contributed by atoms with Crippen LogP contribution in [-0.4, -0.2) is 34.1 Å². The number of carbonyl (C=O) groups is 2. The van der Waals surface area contributed by atoms with Gasteiger partial charge in [-0.1, -0.05) is 30.7 Å². The Bertz CT molecular complexity index is 954. The van der Waals surface area contributed by atoms with Crippen LogP contribution in [-0.2, 0) is 4.79 Å². The van der Waals surface area contributed by atoms with E-state index in [1.54, 1.807) is 0 Å². The van der Waals surface area contributed by atoms with Crippen LogP contribution in [0.3, 0.4) is 0 Å². The minimum absolute atomic E-state index is 0.0380. The van der Waals surface area contributed by atoms with Crippen molar-refractivity contribution in [2.75, 3.05) is 5.32 Å². The van der Waals surface area contributed by atoms with E-state index in [4.69, 9.17) is 0 Å². The minimum atomic E-state index is -0.826. The van der Waals surface area contributed by atoms with Crippen molar-refractivity contribution in [1.29, 1.82) is 0 Å². The van der Waals surface area contributed by atoms with Crippen LogP contribution in [0.5, 0.6) is 0 Å². The van der Waals surface area contributed by atoms with Gasteiger partial charge in [0, 0.05) is 11.3 Å². The molecule has 0 saturated heterocycles. The Labute approximate surface area is 183 Å². The number of ketones is 1. The maximum absolute atomic E-state index is 13.1. The lowest BCUT2D eigenvalue weighted by atomic mass is 9.47. The summed E-state index contributed by atoms with van der Waals surface area (Å²) in [6.07, 6.45) is 7.52. The van der Waals surface area contributed by atoms with Crippen LogP contribution in [0.1, 0.15) is 69.2 Å². The number of aliphatic hydroxyl groups excluding tert-OH is 1. The smallest absolute Gasteiger partial charge is 0.309 e. The van der Waals surface area contributed by atoms with Crippen LogP contribution in [0.25, 0.3) is 0 Å². The summed E-state index contributed by atoms with van der Waals surface area (Å²) >= 11 is 0. The first-order valence-electron chi connectivity index (χ1n) is 11.7. The summed E-state index contributed by atoms with van der Waals surface area (Å²) < 4.78 is 0. The molecule has 4 aliphatic rings. The van der Waals surface area contributed by atoms with Crippen molar-refractivity contribution < 1.29 is 19.8 Å². The summed E-state index contributed by atoms with van der Waals surface area (Å²) in [5.74, 6) is -0.0585. The molecular formula is C26H33NO4. The fraction of sp³-hybridized carbons (Fsp3) is 0.615. The van der Waals surface area contributed by atoms with Gasteiger partial charge in [-0.3, -0.25) is 9.59 Å². The molecular weight excluding hydrogens is 390 g/mol. The summed E-state index contributed by atoms with van der Waals surface area (Å²) in [6, 6.07) is 7.23. The topological polar surface area (TPSA) is 86.6 Å². The maximum atomic E-state index is 13.1. The molecule has 2 fully saturated rings. The largest absolute Gasteiger partial charge is 0.481 e. The minimum Gasteiger partial charge on any atom is -0.481 e. The van der Waals surface area contributed by atoms with Crippen molar-refractivity contribution in [3.8, 4) is 0 Å². The van der Waals surface area contributed by atoms with E-state index in [9.17, 15) is 19.8 Å². The van der Waals surface area contributed by atoms with Crippen LogP contribution in [0, 0.1) is 28.6 Å². The zero-order valence-corrected chi connectivity index (χ0v) is 18.4. The number of hydrogen-bond acceptors (Lipinski definition) is 4. The van der Waals surface area contributed by atoms with Gasteiger partial charge in [0.1, 0.15) is 0 Å². The second-order valence-corrected chi connectivity index (χ2v) is 10.8. The van der Waals surface area contributed by atoms with Gasteiger partial charge >= 0.3 is 5.97 Å². The van der Waals surface area contributed by atoms with Crippen LogP contribution in [0.4, 0.5) is 5.69 Å². The van der Waals surface area contributed by atoms with Crippen molar-refractivity contribution >= 4 is 17.4 Å². The van der Waals surface area contributed by atoms with Gasteiger partial charge in [0.2, 0.25) is 0 Å². The third kappa shape index (κ3) is 3.07. The Morgan fingerprint density at radius 2 is 1.97 bits per heavy atom. The van der Waals surface area contributed by atoms with E-state index in [2.05, 4.69) is 18.3 Å². The second kappa shape index (κ2) is 7.19. The molecule has 0 bridgehead atoms. The maximum Gasteiger partial charge on any atom is 0.309 e. The quantitative estimate of drug-likeness (QED) is 0.615. The number of para-hydroxylation sites is 1. The number of aliphatic hydroxyl groups is 1. The van der Waals surface area contributed by atoms with Crippen molar-refractivity contribution in [3.05, 3.63) is 41.5 Å². The molecule has 5 rings (SSSR count). The van der Waals surface area contributed by atoms with Crippen molar-refractivity contribution in [2.45, 2.75) is 70.9 Å². The molecule has 2 saturated carbocycles. The summed E-state index contributed by atoms with van der Waals surface area (Å²) in [4.78, 5) is 25.6. The predicted molar refractivity (Wildman–Crippen MR) is 119 cm³/mol. The van der Waals surface area contributed by atoms with Gasteiger partial charge in [-0.05, 0) is 87.2 Å². The van der Waals surface area contributed by atoms with Gasteiger partial charge in [0.25, 0.3) is 0 Å².